The van der Waals surface area contributed by atoms with Gasteiger partial charge in [-0.25, -0.2) is 15.0 Å². The topological polar surface area (TPSA) is 62.2 Å². The summed E-state index contributed by atoms with van der Waals surface area (Å²) in [4.78, 5) is 29.5. The van der Waals surface area contributed by atoms with Crippen molar-refractivity contribution >= 4 is 23.1 Å². The third-order valence-corrected chi connectivity index (χ3v) is 5.58. The van der Waals surface area contributed by atoms with E-state index in [-0.39, 0.29) is 11.3 Å². The molecule has 0 bridgehead atoms. The first kappa shape index (κ1) is 14.6. The predicted molar refractivity (Wildman–Crippen MR) is 88.2 cm³/mol. The summed E-state index contributed by atoms with van der Waals surface area (Å²) in [6.45, 7) is 5.30. The molecule has 2 aromatic rings. The first-order chi connectivity index (χ1) is 11.1. The number of hydrogen-bond donors (Lipinski definition) is 0. The first-order valence-electron chi connectivity index (χ1n) is 7.83. The maximum absolute atomic E-state index is 12.4. The van der Waals surface area contributed by atoms with Gasteiger partial charge in [0, 0.05) is 43.0 Å². The third kappa shape index (κ3) is 2.81. The Bertz CT molecular complexity index is 718. The molecule has 4 heterocycles. The zero-order valence-corrected chi connectivity index (χ0v) is 13.9. The van der Waals surface area contributed by atoms with Crippen LogP contribution in [0.2, 0.25) is 0 Å². The van der Waals surface area contributed by atoms with E-state index in [1.807, 2.05) is 17.9 Å². The summed E-state index contributed by atoms with van der Waals surface area (Å²) in [6, 6.07) is 1.94. The highest BCUT2D eigenvalue weighted by Gasteiger charge is 2.47. The Hall–Kier alpha value is -2.02. The zero-order chi connectivity index (χ0) is 15.9. The van der Waals surface area contributed by atoms with E-state index >= 15 is 0 Å². The second kappa shape index (κ2) is 5.56. The number of rotatable bonds is 3. The van der Waals surface area contributed by atoms with E-state index in [0.29, 0.717) is 13.0 Å². The summed E-state index contributed by atoms with van der Waals surface area (Å²) in [5.41, 5.74) is 1.07. The molecule has 0 N–H and O–H groups in total. The minimum atomic E-state index is 0.0626. The van der Waals surface area contributed by atoms with Crippen LogP contribution in [0.1, 0.15) is 23.5 Å². The van der Waals surface area contributed by atoms with Gasteiger partial charge in [0.2, 0.25) is 5.91 Å². The minimum absolute atomic E-state index is 0.0626. The maximum atomic E-state index is 12.4. The van der Waals surface area contributed by atoms with Crippen molar-refractivity contribution in [1.29, 1.82) is 0 Å². The van der Waals surface area contributed by atoms with Crippen molar-refractivity contribution in [2.45, 2.75) is 26.3 Å². The Balaban J connectivity index is 1.46. The Morgan fingerprint density at radius 1 is 1.39 bits per heavy atom. The van der Waals surface area contributed by atoms with Crippen LogP contribution in [0.15, 0.2) is 24.0 Å². The lowest BCUT2D eigenvalue weighted by molar-refractivity contribution is -0.128. The third-order valence-electron chi connectivity index (χ3n) is 4.75. The van der Waals surface area contributed by atoms with Crippen LogP contribution in [0.5, 0.6) is 0 Å². The van der Waals surface area contributed by atoms with Gasteiger partial charge in [-0.05, 0) is 19.4 Å². The minimum Gasteiger partial charge on any atom is -0.356 e. The molecule has 6 nitrogen and oxygen atoms in total. The molecule has 0 aliphatic carbocycles. The van der Waals surface area contributed by atoms with Gasteiger partial charge in [-0.15, -0.1) is 11.3 Å². The molecule has 4 rings (SSSR count). The van der Waals surface area contributed by atoms with E-state index in [9.17, 15) is 4.79 Å². The number of anilines is 1. The number of hydrogen-bond acceptors (Lipinski definition) is 6. The largest absolute Gasteiger partial charge is 0.356 e. The lowest BCUT2D eigenvalue weighted by atomic mass is 9.86. The summed E-state index contributed by atoms with van der Waals surface area (Å²) >= 11 is 1.64. The standard InChI is InChI=1S/C16H19N5OS/c1-12-19-13(8-23-12)7-21-10-16(6-15(21)22)3-5-20(9-16)14-2-4-17-11-18-14/h2,4,8,11H,3,5-7,9-10H2,1H3/t16-/m0/s1. The van der Waals surface area contributed by atoms with E-state index in [1.54, 1.807) is 23.9 Å². The molecule has 0 unspecified atom stereocenters. The molecule has 1 spiro atoms. The van der Waals surface area contributed by atoms with Crippen LogP contribution in [-0.2, 0) is 11.3 Å². The average Bonchev–Trinajstić information content (AvgIpc) is 3.22. The van der Waals surface area contributed by atoms with E-state index in [2.05, 4.69) is 25.2 Å². The molecule has 2 aliphatic heterocycles. The summed E-state index contributed by atoms with van der Waals surface area (Å²) in [6.07, 6.45) is 5.02. The van der Waals surface area contributed by atoms with Gasteiger partial charge in [-0.2, -0.15) is 0 Å². The van der Waals surface area contributed by atoms with Crippen LogP contribution in [0.25, 0.3) is 0 Å². The maximum Gasteiger partial charge on any atom is 0.223 e. The number of aryl methyl sites for hydroxylation is 1. The van der Waals surface area contributed by atoms with Gasteiger partial charge in [0.25, 0.3) is 0 Å². The Labute approximate surface area is 139 Å². The average molecular weight is 329 g/mol. The lowest BCUT2D eigenvalue weighted by Gasteiger charge is -2.24. The van der Waals surface area contributed by atoms with Crippen molar-refractivity contribution in [2.75, 3.05) is 24.5 Å². The molecular weight excluding hydrogens is 310 g/mol. The smallest absolute Gasteiger partial charge is 0.223 e. The molecule has 2 aliphatic rings. The second-order valence-electron chi connectivity index (χ2n) is 6.52. The highest BCUT2D eigenvalue weighted by Crippen LogP contribution is 2.41. The molecule has 0 aromatic carbocycles. The molecule has 120 valence electrons. The monoisotopic (exact) mass is 329 g/mol. The van der Waals surface area contributed by atoms with Gasteiger partial charge < -0.3 is 9.80 Å². The summed E-state index contributed by atoms with van der Waals surface area (Å²) in [5, 5.41) is 3.10. The molecule has 0 radical (unpaired) electrons. The quantitative estimate of drug-likeness (QED) is 0.860. The normalized spacial score (nSPS) is 24.1. The van der Waals surface area contributed by atoms with E-state index < -0.39 is 0 Å². The molecule has 2 fully saturated rings. The van der Waals surface area contributed by atoms with Crippen LogP contribution in [-0.4, -0.2) is 45.4 Å². The van der Waals surface area contributed by atoms with Crippen molar-refractivity contribution in [3.05, 3.63) is 34.7 Å². The van der Waals surface area contributed by atoms with Crippen molar-refractivity contribution in [3.63, 3.8) is 0 Å². The van der Waals surface area contributed by atoms with Gasteiger partial charge in [-0.3, -0.25) is 4.79 Å². The highest BCUT2D eigenvalue weighted by atomic mass is 32.1. The number of carbonyl (C=O) groups is 1. The Morgan fingerprint density at radius 2 is 2.30 bits per heavy atom. The molecule has 1 amide bonds. The first-order valence-corrected chi connectivity index (χ1v) is 8.71. The lowest BCUT2D eigenvalue weighted by Crippen LogP contribution is -2.31. The number of aromatic nitrogens is 3. The van der Waals surface area contributed by atoms with Crippen molar-refractivity contribution in [2.24, 2.45) is 5.41 Å². The molecule has 0 saturated carbocycles. The van der Waals surface area contributed by atoms with Gasteiger partial charge in [-0.1, -0.05) is 0 Å². The number of carbonyl (C=O) groups excluding carboxylic acids is 1. The summed E-state index contributed by atoms with van der Waals surface area (Å²) < 4.78 is 0. The fourth-order valence-electron chi connectivity index (χ4n) is 3.68. The fourth-order valence-corrected chi connectivity index (χ4v) is 4.28. The molecule has 2 saturated heterocycles. The molecule has 7 heteroatoms. The molecule has 1 atom stereocenters. The van der Waals surface area contributed by atoms with Crippen LogP contribution < -0.4 is 4.90 Å². The van der Waals surface area contributed by atoms with Crippen molar-refractivity contribution < 1.29 is 4.79 Å². The summed E-state index contributed by atoms with van der Waals surface area (Å²) in [7, 11) is 0. The second-order valence-corrected chi connectivity index (χ2v) is 7.59. The Morgan fingerprint density at radius 3 is 3.04 bits per heavy atom. The zero-order valence-electron chi connectivity index (χ0n) is 13.1. The summed E-state index contributed by atoms with van der Waals surface area (Å²) in [5.74, 6) is 1.21. The van der Waals surface area contributed by atoms with E-state index in [0.717, 1.165) is 42.6 Å². The molecule has 2 aromatic heterocycles. The molecule has 23 heavy (non-hydrogen) atoms. The van der Waals surface area contributed by atoms with Crippen molar-refractivity contribution in [3.8, 4) is 0 Å². The van der Waals surface area contributed by atoms with Crippen molar-refractivity contribution in [1.82, 2.24) is 19.9 Å². The Kier molecular flexibility index (Phi) is 3.52. The number of likely N-dealkylation sites (tertiary alicyclic amines) is 1. The number of nitrogens with zero attached hydrogens (tertiary/aromatic N) is 5. The van der Waals surface area contributed by atoms with Gasteiger partial charge >= 0.3 is 0 Å². The van der Waals surface area contributed by atoms with Gasteiger partial charge in [0.15, 0.2) is 0 Å². The predicted octanol–water partition coefficient (Wildman–Crippen LogP) is 1.87. The number of thiazole rings is 1. The van der Waals surface area contributed by atoms with Gasteiger partial charge in [0.1, 0.15) is 12.1 Å². The highest BCUT2D eigenvalue weighted by molar-refractivity contribution is 7.09. The SMILES string of the molecule is Cc1nc(CN2C[C@@]3(CCN(c4ccncn4)C3)CC2=O)cs1. The van der Waals surface area contributed by atoms with Crippen LogP contribution in [0, 0.1) is 12.3 Å². The van der Waals surface area contributed by atoms with Crippen LogP contribution in [0.4, 0.5) is 5.82 Å². The van der Waals surface area contributed by atoms with E-state index in [1.165, 1.54) is 0 Å². The van der Waals surface area contributed by atoms with Crippen LogP contribution >= 0.6 is 11.3 Å². The van der Waals surface area contributed by atoms with E-state index in [4.69, 9.17) is 0 Å². The fraction of sp³-hybridized carbons (Fsp3) is 0.500. The number of amides is 1. The van der Waals surface area contributed by atoms with Crippen LogP contribution in [0.3, 0.4) is 0 Å². The van der Waals surface area contributed by atoms with Gasteiger partial charge in [0.05, 0.1) is 17.2 Å². The molecular formula is C16H19N5OS.